The van der Waals surface area contributed by atoms with Crippen LogP contribution >= 0.6 is 0 Å². The third kappa shape index (κ3) is 2.61. The van der Waals surface area contributed by atoms with Crippen molar-refractivity contribution in [2.45, 2.75) is 25.7 Å². The average molecular weight is 252 g/mol. The lowest BCUT2D eigenvalue weighted by molar-refractivity contribution is -0.141. The number of hydrogen-bond acceptors (Lipinski definition) is 5. The zero-order valence-electron chi connectivity index (χ0n) is 10.2. The molecule has 18 heavy (non-hydrogen) atoms. The van der Waals surface area contributed by atoms with Crippen molar-refractivity contribution in [3.8, 4) is 0 Å². The molecule has 1 amide bonds. The number of hydrogen-bond donors (Lipinski definition) is 3. The highest BCUT2D eigenvalue weighted by Gasteiger charge is 2.30. The van der Waals surface area contributed by atoms with Gasteiger partial charge in [0.2, 0.25) is 0 Å². The predicted octanol–water partition coefficient (Wildman–Crippen LogP) is 0.162. The van der Waals surface area contributed by atoms with Crippen LogP contribution in [-0.4, -0.2) is 35.2 Å². The fourth-order valence-corrected chi connectivity index (χ4v) is 1.67. The summed E-state index contributed by atoms with van der Waals surface area (Å²) < 4.78 is 4.70. The van der Waals surface area contributed by atoms with Gasteiger partial charge < -0.3 is 15.8 Å². The lowest BCUT2D eigenvalue weighted by atomic mass is 10.2. The van der Waals surface area contributed by atoms with E-state index in [4.69, 9.17) is 10.5 Å². The van der Waals surface area contributed by atoms with Crippen LogP contribution in [0.4, 0.5) is 5.69 Å². The number of nitrogen functional groups attached to an aromatic ring is 1. The van der Waals surface area contributed by atoms with Crippen LogP contribution in [0.1, 0.15) is 41.9 Å². The molecule has 1 fully saturated rings. The van der Waals surface area contributed by atoms with Gasteiger partial charge in [0, 0.05) is 5.92 Å². The molecular weight excluding hydrogens is 236 g/mol. The van der Waals surface area contributed by atoms with Gasteiger partial charge in [0.1, 0.15) is 6.54 Å². The molecule has 0 spiro atoms. The summed E-state index contributed by atoms with van der Waals surface area (Å²) in [4.78, 5) is 22.8. The monoisotopic (exact) mass is 252 g/mol. The molecule has 4 N–H and O–H groups in total. The molecule has 1 aliphatic carbocycles. The second-order valence-corrected chi connectivity index (χ2v) is 4.16. The normalized spacial score (nSPS) is 14.3. The van der Waals surface area contributed by atoms with Crippen LogP contribution in [0.2, 0.25) is 0 Å². The van der Waals surface area contributed by atoms with Gasteiger partial charge in [0.05, 0.1) is 18.0 Å². The Balaban J connectivity index is 1.94. The number of aromatic amines is 1. The van der Waals surface area contributed by atoms with Crippen molar-refractivity contribution in [3.63, 3.8) is 0 Å². The van der Waals surface area contributed by atoms with Crippen LogP contribution in [0, 0.1) is 0 Å². The maximum Gasteiger partial charge on any atom is 0.325 e. The first kappa shape index (κ1) is 12.4. The molecular formula is C11H16N4O3. The van der Waals surface area contributed by atoms with Gasteiger partial charge in [-0.2, -0.15) is 5.10 Å². The number of nitrogens with two attached hydrogens (primary N) is 1. The quantitative estimate of drug-likeness (QED) is 0.647. The van der Waals surface area contributed by atoms with Crippen molar-refractivity contribution in [1.82, 2.24) is 15.5 Å². The minimum atomic E-state index is -0.484. The highest BCUT2D eigenvalue weighted by molar-refractivity contribution is 5.99. The molecule has 0 aliphatic heterocycles. The highest BCUT2D eigenvalue weighted by atomic mass is 16.5. The summed E-state index contributed by atoms with van der Waals surface area (Å²) in [6.45, 7) is 1.80. The number of carbonyl (C=O) groups is 2. The van der Waals surface area contributed by atoms with Crippen LogP contribution in [0.15, 0.2) is 0 Å². The second-order valence-electron chi connectivity index (χ2n) is 4.16. The largest absolute Gasteiger partial charge is 0.465 e. The number of esters is 1. The fourth-order valence-electron chi connectivity index (χ4n) is 1.67. The van der Waals surface area contributed by atoms with E-state index in [1.165, 1.54) is 0 Å². The van der Waals surface area contributed by atoms with E-state index in [2.05, 4.69) is 15.5 Å². The summed E-state index contributed by atoms with van der Waals surface area (Å²) in [5.41, 5.74) is 7.17. The maximum atomic E-state index is 11.7. The Morgan fingerprint density at radius 2 is 2.28 bits per heavy atom. The number of rotatable bonds is 5. The second kappa shape index (κ2) is 5.07. The molecule has 0 saturated heterocycles. The summed E-state index contributed by atoms with van der Waals surface area (Å²) >= 11 is 0. The zero-order valence-corrected chi connectivity index (χ0v) is 10.2. The van der Waals surface area contributed by atoms with E-state index in [-0.39, 0.29) is 18.8 Å². The van der Waals surface area contributed by atoms with Crippen LogP contribution in [-0.2, 0) is 9.53 Å². The van der Waals surface area contributed by atoms with E-state index in [9.17, 15) is 9.59 Å². The zero-order chi connectivity index (χ0) is 13.1. The Morgan fingerprint density at radius 1 is 1.56 bits per heavy atom. The summed E-state index contributed by atoms with van der Waals surface area (Å²) in [6, 6.07) is 0. The first-order valence-corrected chi connectivity index (χ1v) is 5.91. The molecule has 7 heteroatoms. The summed E-state index contributed by atoms with van der Waals surface area (Å²) in [5.74, 6) is -0.560. The van der Waals surface area contributed by atoms with Gasteiger partial charge in [-0.15, -0.1) is 0 Å². The van der Waals surface area contributed by atoms with Gasteiger partial charge >= 0.3 is 5.97 Å². The van der Waals surface area contributed by atoms with Crippen molar-refractivity contribution in [3.05, 3.63) is 11.4 Å². The number of aromatic nitrogens is 2. The molecule has 0 radical (unpaired) electrons. The van der Waals surface area contributed by atoms with Crippen LogP contribution in [0.3, 0.4) is 0 Å². The smallest absolute Gasteiger partial charge is 0.325 e. The molecule has 1 saturated carbocycles. The summed E-state index contributed by atoms with van der Waals surface area (Å²) in [6.07, 6.45) is 2.13. The first-order valence-electron chi connectivity index (χ1n) is 5.91. The van der Waals surface area contributed by atoms with E-state index in [1.807, 2.05) is 0 Å². The Bertz CT molecular complexity index is 465. The molecule has 2 rings (SSSR count). The van der Waals surface area contributed by atoms with Crippen molar-refractivity contribution in [2.24, 2.45) is 0 Å². The molecule has 1 aromatic heterocycles. The Morgan fingerprint density at radius 3 is 2.89 bits per heavy atom. The van der Waals surface area contributed by atoms with Crippen LogP contribution < -0.4 is 11.1 Å². The van der Waals surface area contributed by atoms with Crippen LogP contribution in [0.25, 0.3) is 0 Å². The number of carbonyl (C=O) groups excluding carboxylic acids is 2. The van der Waals surface area contributed by atoms with E-state index >= 15 is 0 Å². The molecule has 0 aromatic carbocycles. The van der Waals surface area contributed by atoms with Crippen molar-refractivity contribution >= 4 is 17.6 Å². The minimum Gasteiger partial charge on any atom is -0.465 e. The van der Waals surface area contributed by atoms with Crippen LogP contribution in [0.5, 0.6) is 0 Å². The van der Waals surface area contributed by atoms with E-state index in [0.717, 1.165) is 18.5 Å². The average Bonchev–Trinajstić information content (AvgIpc) is 3.10. The van der Waals surface area contributed by atoms with Gasteiger partial charge in [0.25, 0.3) is 5.91 Å². The molecule has 7 nitrogen and oxygen atoms in total. The Hall–Kier alpha value is -2.05. The number of anilines is 1. The molecule has 98 valence electrons. The number of amides is 1. The summed E-state index contributed by atoms with van der Waals surface area (Å²) in [5, 5.41) is 9.09. The number of nitrogens with one attached hydrogen (secondary N) is 2. The third-order valence-corrected chi connectivity index (χ3v) is 2.73. The number of ether oxygens (including phenoxy) is 1. The molecule has 0 atom stereocenters. The van der Waals surface area contributed by atoms with Crippen molar-refractivity contribution in [1.29, 1.82) is 0 Å². The third-order valence-electron chi connectivity index (χ3n) is 2.73. The van der Waals surface area contributed by atoms with Gasteiger partial charge in [-0.1, -0.05) is 0 Å². The molecule has 0 unspecified atom stereocenters. The van der Waals surface area contributed by atoms with E-state index < -0.39 is 11.9 Å². The predicted molar refractivity (Wildman–Crippen MR) is 63.9 cm³/mol. The van der Waals surface area contributed by atoms with Gasteiger partial charge in [-0.25, -0.2) is 0 Å². The topological polar surface area (TPSA) is 110 Å². The fraction of sp³-hybridized carbons (Fsp3) is 0.545. The molecule has 1 aliphatic rings. The lowest BCUT2D eigenvalue weighted by Crippen LogP contribution is -2.31. The molecule has 0 bridgehead atoms. The molecule has 1 aromatic rings. The maximum absolute atomic E-state index is 11.7. The first-order chi connectivity index (χ1) is 8.63. The minimum absolute atomic E-state index is 0.140. The van der Waals surface area contributed by atoms with Gasteiger partial charge in [0.15, 0.2) is 5.69 Å². The lowest BCUT2D eigenvalue weighted by Gasteiger charge is -2.03. The highest BCUT2D eigenvalue weighted by Crippen LogP contribution is 2.42. The Kier molecular flexibility index (Phi) is 3.50. The standard InChI is InChI=1S/C11H16N4O3/c1-2-18-7(16)5-13-11(17)10-8(12)9(14-15-10)6-3-4-6/h6H,2-5,12H2,1H3,(H,13,17)(H,14,15). The number of H-pyrrole nitrogens is 1. The van der Waals surface area contributed by atoms with E-state index in [1.54, 1.807) is 6.92 Å². The van der Waals surface area contributed by atoms with Gasteiger partial charge in [-0.3, -0.25) is 14.7 Å². The van der Waals surface area contributed by atoms with Crippen molar-refractivity contribution in [2.75, 3.05) is 18.9 Å². The Labute approximate surface area is 104 Å². The summed E-state index contributed by atoms with van der Waals surface area (Å²) in [7, 11) is 0. The van der Waals surface area contributed by atoms with E-state index in [0.29, 0.717) is 11.6 Å². The number of nitrogens with zero attached hydrogens (tertiary/aromatic N) is 1. The van der Waals surface area contributed by atoms with Crippen molar-refractivity contribution < 1.29 is 14.3 Å². The molecule has 1 heterocycles. The SMILES string of the molecule is CCOC(=O)CNC(=O)c1n[nH]c(C2CC2)c1N. The van der Waals surface area contributed by atoms with Gasteiger partial charge in [-0.05, 0) is 19.8 Å².